The van der Waals surface area contributed by atoms with E-state index in [4.69, 9.17) is 14.2 Å². The van der Waals surface area contributed by atoms with E-state index in [-0.39, 0.29) is 0 Å². The molecule has 0 fully saturated rings. The molecule has 0 radical (unpaired) electrons. The lowest BCUT2D eigenvalue weighted by atomic mass is 10.2. The van der Waals surface area contributed by atoms with Gasteiger partial charge in [-0.25, -0.2) is 9.78 Å². The summed E-state index contributed by atoms with van der Waals surface area (Å²) in [7, 11) is 2.98. The van der Waals surface area contributed by atoms with Crippen molar-refractivity contribution in [2.45, 2.75) is 18.4 Å². The molecule has 0 unspecified atom stereocenters. The summed E-state index contributed by atoms with van der Waals surface area (Å²) in [6.45, 7) is 2.43. The van der Waals surface area contributed by atoms with Crippen molar-refractivity contribution in [1.29, 1.82) is 0 Å². The number of pyridine rings is 1. The van der Waals surface area contributed by atoms with Crippen molar-refractivity contribution in [3.8, 4) is 11.5 Å². The minimum absolute atomic E-state index is 0.316. The van der Waals surface area contributed by atoms with Gasteiger partial charge >= 0.3 is 5.97 Å². The number of carbonyl (C=O) groups excluding carboxylic acids is 1. The minimum atomic E-state index is -0.442. The van der Waals surface area contributed by atoms with E-state index in [2.05, 4.69) is 4.98 Å². The third kappa shape index (κ3) is 4.63. The fraction of sp³-hybridized carbons (Fsp3) is 0.294. The second kappa shape index (κ2) is 8.43. The summed E-state index contributed by atoms with van der Waals surface area (Å²) in [5.41, 5.74) is 1.34. The second-order valence-electron chi connectivity index (χ2n) is 4.58. The van der Waals surface area contributed by atoms with Crippen LogP contribution in [0.4, 0.5) is 0 Å². The van der Waals surface area contributed by atoms with Crippen molar-refractivity contribution in [2.75, 3.05) is 20.0 Å². The average molecular weight is 333 g/mol. The molecular formula is C17H19NO4S. The van der Waals surface area contributed by atoms with E-state index < -0.39 is 5.97 Å². The van der Waals surface area contributed by atoms with E-state index in [1.54, 1.807) is 7.11 Å². The van der Waals surface area contributed by atoms with Gasteiger partial charge in [0.05, 0.1) is 20.4 Å². The first kappa shape index (κ1) is 17.1. The molecule has 2 rings (SSSR count). The van der Waals surface area contributed by atoms with E-state index in [1.165, 1.54) is 25.1 Å². The summed E-state index contributed by atoms with van der Waals surface area (Å²) in [4.78, 5) is 16.6. The Hall–Kier alpha value is -2.21. The number of nitrogens with zero attached hydrogens (tertiary/aromatic N) is 1. The van der Waals surface area contributed by atoms with Gasteiger partial charge in [-0.1, -0.05) is 19.1 Å². The Labute approximate surface area is 140 Å². The fourth-order valence-corrected chi connectivity index (χ4v) is 2.69. The Morgan fingerprint density at radius 1 is 1.17 bits per heavy atom. The predicted octanol–water partition coefficient (Wildman–Crippen LogP) is 3.57. The SMILES string of the molecule is CCSc1cc(OCc2ccc(OC)cc2)cnc1C(=O)OC. The zero-order chi connectivity index (χ0) is 16.7. The fourth-order valence-electron chi connectivity index (χ4n) is 1.91. The molecule has 0 atom stereocenters. The van der Waals surface area contributed by atoms with E-state index >= 15 is 0 Å². The molecule has 0 saturated heterocycles. The topological polar surface area (TPSA) is 57.7 Å². The van der Waals surface area contributed by atoms with Crippen molar-refractivity contribution < 1.29 is 19.0 Å². The van der Waals surface area contributed by atoms with Gasteiger partial charge in [-0.3, -0.25) is 0 Å². The molecule has 0 aliphatic carbocycles. The molecule has 2 aromatic rings. The minimum Gasteiger partial charge on any atom is -0.497 e. The number of carbonyl (C=O) groups is 1. The monoisotopic (exact) mass is 333 g/mol. The number of ether oxygens (including phenoxy) is 3. The van der Waals surface area contributed by atoms with Gasteiger partial charge in [-0.05, 0) is 29.5 Å². The number of methoxy groups -OCH3 is 2. The maximum Gasteiger partial charge on any atom is 0.357 e. The van der Waals surface area contributed by atoms with Crippen LogP contribution in [0, 0.1) is 0 Å². The van der Waals surface area contributed by atoms with Crippen LogP contribution in [0.25, 0.3) is 0 Å². The molecule has 6 heteroatoms. The third-order valence-corrected chi connectivity index (χ3v) is 3.98. The molecular weight excluding hydrogens is 314 g/mol. The van der Waals surface area contributed by atoms with Crippen molar-refractivity contribution in [3.05, 3.63) is 47.8 Å². The molecule has 5 nitrogen and oxygen atoms in total. The summed E-state index contributed by atoms with van der Waals surface area (Å²) in [6.07, 6.45) is 1.54. The van der Waals surface area contributed by atoms with Gasteiger partial charge in [-0.15, -0.1) is 11.8 Å². The van der Waals surface area contributed by atoms with Gasteiger partial charge in [0.15, 0.2) is 5.69 Å². The lowest BCUT2D eigenvalue weighted by Crippen LogP contribution is -2.07. The Morgan fingerprint density at radius 2 is 1.91 bits per heavy atom. The van der Waals surface area contributed by atoms with Crippen LogP contribution in [-0.4, -0.2) is 30.9 Å². The number of benzene rings is 1. The van der Waals surface area contributed by atoms with Crippen molar-refractivity contribution in [2.24, 2.45) is 0 Å². The zero-order valence-electron chi connectivity index (χ0n) is 13.4. The maximum atomic E-state index is 11.7. The predicted molar refractivity (Wildman–Crippen MR) is 89.3 cm³/mol. The van der Waals surface area contributed by atoms with Crippen LogP contribution in [0.1, 0.15) is 23.0 Å². The van der Waals surface area contributed by atoms with Crippen LogP contribution in [-0.2, 0) is 11.3 Å². The molecule has 0 bridgehead atoms. The Bertz CT molecular complexity index is 658. The summed E-state index contributed by atoms with van der Waals surface area (Å²) >= 11 is 1.53. The summed E-state index contributed by atoms with van der Waals surface area (Å²) < 4.78 is 15.6. The molecule has 0 aliphatic heterocycles. The molecule has 0 N–H and O–H groups in total. The summed E-state index contributed by atoms with van der Waals surface area (Å²) in [5.74, 6) is 1.81. The molecule has 1 aromatic carbocycles. The first-order chi connectivity index (χ1) is 11.2. The standard InChI is InChI=1S/C17H19NO4S/c1-4-23-15-9-14(10-18-16(15)17(19)21-3)22-11-12-5-7-13(20-2)8-6-12/h5-10H,4,11H2,1-3H3. The van der Waals surface area contributed by atoms with Crippen molar-refractivity contribution in [1.82, 2.24) is 4.98 Å². The summed E-state index contributed by atoms with van der Waals surface area (Å²) in [5, 5.41) is 0. The highest BCUT2D eigenvalue weighted by molar-refractivity contribution is 7.99. The lowest BCUT2D eigenvalue weighted by Gasteiger charge is -2.10. The van der Waals surface area contributed by atoms with Crippen LogP contribution in [0.5, 0.6) is 11.5 Å². The number of esters is 1. The van der Waals surface area contributed by atoms with E-state index in [0.29, 0.717) is 18.1 Å². The second-order valence-corrected chi connectivity index (χ2v) is 5.88. The molecule has 23 heavy (non-hydrogen) atoms. The Balaban J connectivity index is 2.09. The van der Waals surface area contributed by atoms with Gasteiger partial charge in [-0.2, -0.15) is 0 Å². The Morgan fingerprint density at radius 3 is 2.52 bits per heavy atom. The van der Waals surface area contributed by atoms with Crippen LogP contribution >= 0.6 is 11.8 Å². The molecule has 0 aliphatic rings. The van der Waals surface area contributed by atoms with Crippen LogP contribution < -0.4 is 9.47 Å². The van der Waals surface area contributed by atoms with Gasteiger partial charge in [0.1, 0.15) is 18.1 Å². The molecule has 0 saturated carbocycles. The maximum absolute atomic E-state index is 11.7. The highest BCUT2D eigenvalue weighted by Gasteiger charge is 2.15. The van der Waals surface area contributed by atoms with Crippen LogP contribution in [0.15, 0.2) is 41.4 Å². The highest BCUT2D eigenvalue weighted by Crippen LogP contribution is 2.26. The lowest BCUT2D eigenvalue weighted by molar-refractivity contribution is 0.0589. The van der Waals surface area contributed by atoms with Gasteiger partial charge in [0, 0.05) is 4.90 Å². The first-order valence-electron chi connectivity index (χ1n) is 7.14. The molecule has 122 valence electrons. The molecule has 0 spiro atoms. The average Bonchev–Trinajstić information content (AvgIpc) is 2.60. The quantitative estimate of drug-likeness (QED) is 0.570. The molecule has 1 heterocycles. The van der Waals surface area contributed by atoms with E-state index in [1.807, 2.05) is 37.3 Å². The number of thioether (sulfide) groups is 1. The zero-order valence-corrected chi connectivity index (χ0v) is 14.2. The number of aromatic nitrogens is 1. The number of hydrogen-bond acceptors (Lipinski definition) is 6. The van der Waals surface area contributed by atoms with Crippen molar-refractivity contribution in [3.63, 3.8) is 0 Å². The van der Waals surface area contributed by atoms with Crippen LogP contribution in [0.3, 0.4) is 0 Å². The third-order valence-electron chi connectivity index (χ3n) is 3.07. The van der Waals surface area contributed by atoms with E-state index in [0.717, 1.165) is 22.0 Å². The number of hydrogen-bond donors (Lipinski definition) is 0. The normalized spacial score (nSPS) is 10.2. The molecule has 0 amide bonds. The summed E-state index contributed by atoms with van der Waals surface area (Å²) in [6, 6.07) is 9.47. The van der Waals surface area contributed by atoms with Crippen LogP contribution in [0.2, 0.25) is 0 Å². The van der Waals surface area contributed by atoms with Crippen molar-refractivity contribution >= 4 is 17.7 Å². The van der Waals surface area contributed by atoms with Gasteiger partial charge in [0.25, 0.3) is 0 Å². The van der Waals surface area contributed by atoms with Gasteiger partial charge < -0.3 is 14.2 Å². The number of rotatable bonds is 7. The smallest absolute Gasteiger partial charge is 0.357 e. The van der Waals surface area contributed by atoms with E-state index in [9.17, 15) is 4.79 Å². The van der Waals surface area contributed by atoms with Gasteiger partial charge in [0.2, 0.25) is 0 Å². The molecule has 1 aromatic heterocycles. The Kier molecular flexibility index (Phi) is 6.29. The first-order valence-corrected chi connectivity index (χ1v) is 8.13. The highest BCUT2D eigenvalue weighted by atomic mass is 32.2. The largest absolute Gasteiger partial charge is 0.497 e.